The summed E-state index contributed by atoms with van der Waals surface area (Å²) in [5, 5.41) is 80.4. The highest BCUT2D eigenvalue weighted by atomic mass is 16.5. The van der Waals surface area contributed by atoms with Gasteiger partial charge in [-0.3, -0.25) is 14.4 Å². The van der Waals surface area contributed by atoms with Crippen molar-refractivity contribution in [2.24, 2.45) is 5.92 Å². The highest BCUT2D eigenvalue weighted by Gasteiger charge is 2.36. The fourth-order valence-corrected chi connectivity index (χ4v) is 7.16. The monoisotopic (exact) mass is 708 g/mol. The van der Waals surface area contributed by atoms with Crippen LogP contribution in [0.3, 0.4) is 0 Å². The zero-order valence-electron chi connectivity index (χ0n) is 30.0. The molecule has 1 aliphatic carbocycles. The Morgan fingerprint density at radius 3 is 1.25 bits per heavy atom. The van der Waals surface area contributed by atoms with E-state index in [1.165, 1.54) is 28.1 Å². The molecular formula is C39H48O12. The third-order valence-electron chi connectivity index (χ3n) is 9.93. The molecule has 1 fully saturated rings. The fourth-order valence-electron chi connectivity index (χ4n) is 7.16. The molecule has 0 saturated heterocycles. The predicted molar refractivity (Wildman–Crippen MR) is 189 cm³/mol. The number of Topliss-reactive ketones (excluding diaryl/α,β-unsaturated/α-hetero) is 3. The molecule has 0 spiro atoms. The van der Waals surface area contributed by atoms with E-state index in [9.17, 15) is 50.1 Å². The van der Waals surface area contributed by atoms with E-state index in [1.807, 2.05) is 0 Å². The molecule has 0 heterocycles. The van der Waals surface area contributed by atoms with Crippen molar-refractivity contribution < 1.29 is 59.6 Å². The predicted octanol–water partition coefficient (Wildman–Crippen LogP) is 7.17. The molecule has 7 N–H and O–H groups in total. The van der Waals surface area contributed by atoms with Crippen molar-refractivity contribution in [3.63, 3.8) is 0 Å². The van der Waals surface area contributed by atoms with E-state index in [4.69, 9.17) is 9.47 Å². The Morgan fingerprint density at radius 2 is 0.902 bits per heavy atom. The van der Waals surface area contributed by atoms with Gasteiger partial charge in [-0.15, -0.1) is 0 Å². The first-order chi connectivity index (χ1) is 24.2. The van der Waals surface area contributed by atoms with Crippen LogP contribution in [0.5, 0.6) is 51.7 Å². The van der Waals surface area contributed by atoms with Crippen LogP contribution in [0.1, 0.15) is 136 Å². The summed E-state index contributed by atoms with van der Waals surface area (Å²) >= 11 is 0. The number of methoxy groups -OCH3 is 2. The maximum atomic E-state index is 14.0. The molecule has 12 heteroatoms. The number of carbonyl (C=O) groups is 3. The Morgan fingerprint density at radius 1 is 0.549 bits per heavy atom. The van der Waals surface area contributed by atoms with Crippen molar-refractivity contribution in [2.45, 2.75) is 98.3 Å². The molecule has 51 heavy (non-hydrogen) atoms. The second-order valence-electron chi connectivity index (χ2n) is 13.2. The van der Waals surface area contributed by atoms with E-state index >= 15 is 0 Å². The Balaban J connectivity index is 2.04. The molecule has 276 valence electrons. The van der Waals surface area contributed by atoms with Gasteiger partial charge in [-0.2, -0.15) is 0 Å². The standard InChI is InChI=1S/C39H48O12/c1-7-12-25(40)27-34(46)21(30(42)18(3)38(27)50-5)16-23-33(45)24(37(49)29(36(23)48)32(44)20-14-10-9-11-15-20)17-22-31(43)19(4)39(51-6)28(35(22)47)26(41)13-8-2/h20,42-43,45-49H,7-17H2,1-6H3. The molecular weight excluding hydrogens is 660 g/mol. The van der Waals surface area contributed by atoms with Crippen LogP contribution in [0.15, 0.2) is 0 Å². The normalized spacial score (nSPS) is 13.3. The SMILES string of the molecule is CCCC(=O)c1c(O)c(Cc2c(O)c(Cc3c(O)c(C)c(OC)c(C(=O)CCC)c3O)c(O)c(C(=O)C3CCCCC3)c2O)c(O)c(C)c1OC. The molecule has 1 saturated carbocycles. The smallest absolute Gasteiger partial charge is 0.173 e. The van der Waals surface area contributed by atoms with Gasteiger partial charge in [0.25, 0.3) is 0 Å². The van der Waals surface area contributed by atoms with Gasteiger partial charge in [0.15, 0.2) is 17.3 Å². The first-order valence-electron chi connectivity index (χ1n) is 17.3. The molecule has 0 bridgehead atoms. The van der Waals surface area contributed by atoms with Crippen LogP contribution < -0.4 is 9.47 Å². The molecule has 12 nitrogen and oxygen atoms in total. The van der Waals surface area contributed by atoms with Crippen LogP contribution in [0.4, 0.5) is 0 Å². The summed E-state index contributed by atoms with van der Waals surface area (Å²) in [7, 11) is 2.56. The van der Waals surface area contributed by atoms with Gasteiger partial charge in [0.05, 0.1) is 14.2 Å². The molecule has 1 aliphatic rings. The summed E-state index contributed by atoms with van der Waals surface area (Å²) < 4.78 is 10.7. The van der Waals surface area contributed by atoms with Crippen LogP contribution >= 0.6 is 0 Å². The summed E-state index contributed by atoms with van der Waals surface area (Å²) in [4.78, 5) is 40.3. The van der Waals surface area contributed by atoms with Gasteiger partial charge in [-0.05, 0) is 39.5 Å². The first kappa shape index (κ1) is 38.7. The Kier molecular flexibility index (Phi) is 12.0. The minimum Gasteiger partial charge on any atom is -0.507 e. The number of ketones is 3. The minimum absolute atomic E-state index is 0.0461. The van der Waals surface area contributed by atoms with E-state index in [2.05, 4.69) is 0 Å². The molecule has 4 rings (SSSR count). The number of phenols is 7. The summed E-state index contributed by atoms with van der Waals surface area (Å²) in [6, 6.07) is 0. The molecule has 0 atom stereocenters. The summed E-state index contributed by atoms with van der Waals surface area (Å²) in [5.74, 6) is -6.85. The molecule has 0 amide bonds. The third-order valence-corrected chi connectivity index (χ3v) is 9.93. The molecule has 0 radical (unpaired) electrons. The van der Waals surface area contributed by atoms with Gasteiger partial charge in [-0.25, -0.2) is 0 Å². The van der Waals surface area contributed by atoms with Gasteiger partial charge >= 0.3 is 0 Å². The topological polar surface area (TPSA) is 211 Å². The maximum absolute atomic E-state index is 14.0. The van der Waals surface area contributed by atoms with Gasteiger partial charge in [0.1, 0.15) is 68.4 Å². The highest BCUT2D eigenvalue weighted by Crippen LogP contribution is 2.51. The fraction of sp³-hybridized carbons (Fsp3) is 0.462. The van der Waals surface area contributed by atoms with Crippen molar-refractivity contribution in [2.75, 3.05) is 14.2 Å². The average molecular weight is 709 g/mol. The lowest BCUT2D eigenvalue weighted by atomic mass is 9.81. The van der Waals surface area contributed by atoms with Crippen LogP contribution in [-0.2, 0) is 12.8 Å². The average Bonchev–Trinajstić information content (AvgIpc) is 3.10. The lowest BCUT2D eigenvalue weighted by molar-refractivity contribution is 0.0882. The molecule has 3 aromatic carbocycles. The number of carbonyl (C=O) groups excluding carboxylic acids is 3. The Hall–Kier alpha value is -5.13. The van der Waals surface area contributed by atoms with Crippen LogP contribution in [-0.4, -0.2) is 67.3 Å². The van der Waals surface area contributed by atoms with E-state index < -0.39 is 81.9 Å². The third kappa shape index (κ3) is 6.96. The van der Waals surface area contributed by atoms with E-state index in [0.717, 1.165) is 19.3 Å². The molecule has 0 aromatic heterocycles. The van der Waals surface area contributed by atoms with Gasteiger partial charge in [-0.1, -0.05) is 33.1 Å². The number of phenolic OH excluding ortho intramolecular Hbond substituents is 7. The second kappa shape index (κ2) is 15.8. The van der Waals surface area contributed by atoms with Crippen molar-refractivity contribution in [1.29, 1.82) is 0 Å². The van der Waals surface area contributed by atoms with Crippen molar-refractivity contribution >= 4 is 17.3 Å². The largest absolute Gasteiger partial charge is 0.507 e. The van der Waals surface area contributed by atoms with Crippen LogP contribution in [0.2, 0.25) is 0 Å². The number of ether oxygens (including phenoxy) is 2. The molecule has 0 aliphatic heterocycles. The number of hydrogen-bond donors (Lipinski definition) is 7. The lowest BCUT2D eigenvalue weighted by Gasteiger charge is -2.25. The van der Waals surface area contributed by atoms with Crippen molar-refractivity contribution in [3.8, 4) is 51.7 Å². The quantitative estimate of drug-likeness (QED) is 0.0831. The van der Waals surface area contributed by atoms with Crippen LogP contribution in [0, 0.1) is 19.8 Å². The number of aromatic hydroxyl groups is 7. The number of rotatable bonds is 14. The highest BCUT2D eigenvalue weighted by molar-refractivity contribution is 6.05. The summed E-state index contributed by atoms with van der Waals surface area (Å²) in [6.07, 6.45) is 3.14. The van der Waals surface area contributed by atoms with Crippen molar-refractivity contribution in [1.82, 2.24) is 0 Å². The Labute approximate surface area is 296 Å². The number of hydrogen-bond acceptors (Lipinski definition) is 12. The number of benzene rings is 3. The van der Waals surface area contributed by atoms with Gasteiger partial charge < -0.3 is 45.2 Å². The van der Waals surface area contributed by atoms with E-state index in [1.54, 1.807) is 13.8 Å². The maximum Gasteiger partial charge on any atom is 0.173 e. The van der Waals surface area contributed by atoms with Crippen molar-refractivity contribution in [3.05, 3.63) is 50.1 Å². The van der Waals surface area contributed by atoms with Gasteiger partial charge in [0.2, 0.25) is 0 Å². The Bertz CT molecular complexity index is 1750. The zero-order valence-corrected chi connectivity index (χ0v) is 30.0. The van der Waals surface area contributed by atoms with E-state index in [0.29, 0.717) is 25.7 Å². The summed E-state index contributed by atoms with van der Waals surface area (Å²) in [6.45, 7) is 6.48. The van der Waals surface area contributed by atoms with Crippen LogP contribution in [0.25, 0.3) is 0 Å². The zero-order chi connectivity index (χ0) is 37.9. The van der Waals surface area contributed by atoms with E-state index in [-0.39, 0.29) is 68.8 Å². The van der Waals surface area contributed by atoms with Gasteiger partial charge in [0, 0.05) is 65.0 Å². The minimum atomic E-state index is -0.795. The molecule has 3 aromatic rings. The summed E-state index contributed by atoms with van der Waals surface area (Å²) in [5.41, 5.74) is -1.97. The molecule has 0 unspecified atom stereocenters. The first-order valence-corrected chi connectivity index (χ1v) is 17.3. The second-order valence-corrected chi connectivity index (χ2v) is 13.2. The lowest BCUT2D eigenvalue weighted by Crippen LogP contribution is -2.19.